The number of rotatable bonds is 6. The number of ether oxygens (including phenoxy) is 3. The Balaban J connectivity index is 1.77. The second-order valence-electron chi connectivity index (χ2n) is 3.71. The Hall–Kier alpha value is -1.26. The third-order valence-corrected chi connectivity index (χ3v) is 2.47. The van der Waals surface area contributed by atoms with Crippen molar-refractivity contribution in [1.82, 2.24) is 5.32 Å². The van der Waals surface area contributed by atoms with Gasteiger partial charge < -0.3 is 19.5 Å². The lowest BCUT2D eigenvalue weighted by atomic mass is 10.2. The van der Waals surface area contributed by atoms with E-state index in [1.165, 1.54) is 5.56 Å². The van der Waals surface area contributed by atoms with Gasteiger partial charge in [-0.1, -0.05) is 6.07 Å². The van der Waals surface area contributed by atoms with Crippen LogP contribution in [0, 0.1) is 0 Å². The van der Waals surface area contributed by atoms with Crippen molar-refractivity contribution in [1.29, 1.82) is 0 Å². The Kier molecular flexibility index (Phi) is 4.02. The van der Waals surface area contributed by atoms with Gasteiger partial charge in [-0.05, 0) is 30.7 Å². The van der Waals surface area contributed by atoms with Gasteiger partial charge in [-0.25, -0.2) is 0 Å². The van der Waals surface area contributed by atoms with Gasteiger partial charge in [-0.2, -0.15) is 0 Å². The molecule has 0 aliphatic carbocycles. The summed E-state index contributed by atoms with van der Waals surface area (Å²) in [6, 6.07) is 6.02. The molecule has 0 saturated heterocycles. The van der Waals surface area contributed by atoms with E-state index in [0.29, 0.717) is 6.79 Å². The molecule has 0 bridgehead atoms. The Bertz CT molecular complexity index is 341. The lowest BCUT2D eigenvalue weighted by Crippen LogP contribution is -2.15. The van der Waals surface area contributed by atoms with Gasteiger partial charge in [-0.15, -0.1) is 0 Å². The number of benzene rings is 1. The summed E-state index contributed by atoms with van der Waals surface area (Å²) in [5.74, 6) is 1.68. The first-order chi connectivity index (χ1) is 7.90. The fourth-order valence-electron chi connectivity index (χ4n) is 1.63. The van der Waals surface area contributed by atoms with Gasteiger partial charge in [0.25, 0.3) is 0 Å². The summed E-state index contributed by atoms with van der Waals surface area (Å²) in [6.45, 7) is 2.94. The molecule has 0 saturated carbocycles. The van der Waals surface area contributed by atoms with Crippen molar-refractivity contribution in [3.8, 4) is 11.5 Å². The van der Waals surface area contributed by atoms with Crippen LogP contribution in [0.3, 0.4) is 0 Å². The molecule has 0 unspecified atom stereocenters. The smallest absolute Gasteiger partial charge is 0.231 e. The van der Waals surface area contributed by atoms with E-state index in [1.54, 1.807) is 7.11 Å². The highest BCUT2D eigenvalue weighted by molar-refractivity contribution is 5.44. The predicted molar refractivity (Wildman–Crippen MR) is 60.8 cm³/mol. The van der Waals surface area contributed by atoms with Crippen molar-refractivity contribution in [2.45, 2.75) is 13.0 Å². The minimum absolute atomic E-state index is 0.333. The van der Waals surface area contributed by atoms with Gasteiger partial charge in [0, 0.05) is 20.3 Å². The van der Waals surface area contributed by atoms with Crippen LogP contribution in [0.5, 0.6) is 11.5 Å². The summed E-state index contributed by atoms with van der Waals surface area (Å²) in [4.78, 5) is 0. The van der Waals surface area contributed by atoms with Crippen LogP contribution >= 0.6 is 0 Å². The third kappa shape index (κ3) is 2.87. The second-order valence-corrected chi connectivity index (χ2v) is 3.71. The lowest BCUT2D eigenvalue weighted by molar-refractivity contribution is 0.174. The molecule has 88 valence electrons. The molecule has 4 nitrogen and oxygen atoms in total. The Morgan fingerprint density at radius 1 is 1.31 bits per heavy atom. The van der Waals surface area contributed by atoms with E-state index in [1.807, 2.05) is 12.1 Å². The number of methoxy groups -OCH3 is 1. The van der Waals surface area contributed by atoms with Gasteiger partial charge in [0.15, 0.2) is 11.5 Å². The Morgan fingerprint density at radius 2 is 2.19 bits per heavy atom. The first-order valence-electron chi connectivity index (χ1n) is 5.48. The average molecular weight is 223 g/mol. The van der Waals surface area contributed by atoms with E-state index in [4.69, 9.17) is 14.2 Å². The third-order valence-electron chi connectivity index (χ3n) is 2.47. The molecule has 0 amide bonds. The summed E-state index contributed by atoms with van der Waals surface area (Å²) in [7, 11) is 1.72. The number of hydrogen-bond acceptors (Lipinski definition) is 4. The van der Waals surface area contributed by atoms with Crippen molar-refractivity contribution in [2.75, 3.05) is 27.1 Å². The lowest BCUT2D eigenvalue weighted by Gasteiger charge is -2.05. The highest BCUT2D eigenvalue weighted by Crippen LogP contribution is 2.32. The van der Waals surface area contributed by atoms with Crippen LogP contribution in [0.25, 0.3) is 0 Å². The molecule has 16 heavy (non-hydrogen) atoms. The molecule has 0 radical (unpaired) electrons. The van der Waals surface area contributed by atoms with Crippen molar-refractivity contribution < 1.29 is 14.2 Å². The molecule has 0 aromatic heterocycles. The second kappa shape index (κ2) is 5.72. The van der Waals surface area contributed by atoms with Crippen molar-refractivity contribution >= 4 is 0 Å². The fourth-order valence-corrected chi connectivity index (χ4v) is 1.63. The van der Waals surface area contributed by atoms with Crippen LogP contribution in [0.1, 0.15) is 12.0 Å². The molecule has 1 aliphatic heterocycles. The Morgan fingerprint density at radius 3 is 3.06 bits per heavy atom. The zero-order valence-electron chi connectivity index (χ0n) is 9.49. The van der Waals surface area contributed by atoms with Crippen molar-refractivity contribution in [2.24, 2.45) is 0 Å². The van der Waals surface area contributed by atoms with Gasteiger partial charge in [0.1, 0.15) is 0 Å². The number of nitrogens with one attached hydrogen (secondary N) is 1. The number of fused-ring (bicyclic) bond motifs is 1. The molecule has 1 heterocycles. The molecule has 1 aromatic rings. The molecule has 1 N–H and O–H groups in total. The molecule has 4 heteroatoms. The van der Waals surface area contributed by atoms with E-state index in [0.717, 1.165) is 37.6 Å². The van der Waals surface area contributed by atoms with E-state index >= 15 is 0 Å². The molecule has 0 fully saturated rings. The topological polar surface area (TPSA) is 39.7 Å². The van der Waals surface area contributed by atoms with Crippen LogP contribution in [0.2, 0.25) is 0 Å². The van der Waals surface area contributed by atoms with Crippen LogP contribution < -0.4 is 14.8 Å². The van der Waals surface area contributed by atoms with E-state index in [2.05, 4.69) is 11.4 Å². The molecule has 0 spiro atoms. The zero-order chi connectivity index (χ0) is 11.2. The monoisotopic (exact) mass is 223 g/mol. The van der Waals surface area contributed by atoms with Crippen LogP contribution in [0.4, 0.5) is 0 Å². The summed E-state index contributed by atoms with van der Waals surface area (Å²) < 4.78 is 15.5. The normalized spacial score (nSPS) is 13.1. The first-order valence-corrected chi connectivity index (χ1v) is 5.48. The Labute approximate surface area is 95.5 Å². The minimum Gasteiger partial charge on any atom is -0.454 e. The summed E-state index contributed by atoms with van der Waals surface area (Å²) in [5.41, 5.74) is 1.21. The summed E-state index contributed by atoms with van der Waals surface area (Å²) >= 11 is 0. The van der Waals surface area contributed by atoms with Gasteiger partial charge in [-0.3, -0.25) is 0 Å². The molecule has 0 atom stereocenters. The summed E-state index contributed by atoms with van der Waals surface area (Å²) in [5, 5.41) is 3.35. The standard InChI is InChI=1S/C12H17NO3/c1-14-6-2-5-13-8-10-3-4-11-12(7-10)16-9-15-11/h3-4,7,13H,2,5-6,8-9H2,1H3. The van der Waals surface area contributed by atoms with E-state index in [-0.39, 0.29) is 0 Å². The summed E-state index contributed by atoms with van der Waals surface area (Å²) in [6.07, 6.45) is 1.03. The van der Waals surface area contributed by atoms with Gasteiger partial charge in [0.2, 0.25) is 6.79 Å². The van der Waals surface area contributed by atoms with Crippen molar-refractivity contribution in [3.05, 3.63) is 23.8 Å². The average Bonchev–Trinajstić information content (AvgIpc) is 2.76. The highest BCUT2D eigenvalue weighted by Gasteiger charge is 2.12. The van der Waals surface area contributed by atoms with Gasteiger partial charge >= 0.3 is 0 Å². The molecule has 1 aliphatic rings. The van der Waals surface area contributed by atoms with Crippen LogP contribution in [-0.4, -0.2) is 27.1 Å². The molecule has 1 aromatic carbocycles. The van der Waals surface area contributed by atoms with E-state index in [9.17, 15) is 0 Å². The van der Waals surface area contributed by atoms with Crippen LogP contribution in [0.15, 0.2) is 18.2 Å². The highest BCUT2D eigenvalue weighted by atomic mass is 16.7. The quantitative estimate of drug-likeness (QED) is 0.743. The maximum absolute atomic E-state index is 5.31. The SMILES string of the molecule is COCCCNCc1ccc2c(c1)OCO2. The first kappa shape index (κ1) is 11.2. The fraction of sp³-hybridized carbons (Fsp3) is 0.500. The number of hydrogen-bond donors (Lipinski definition) is 1. The molecular formula is C12H17NO3. The minimum atomic E-state index is 0.333. The largest absolute Gasteiger partial charge is 0.454 e. The van der Waals surface area contributed by atoms with Gasteiger partial charge in [0.05, 0.1) is 0 Å². The molecule has 2 rings (SSSR count). The van der Waals surface area contributed by atoms with Crippen LogP contribution in [-0.2, 0) is 11.3 Å². The molecular weight excluding hydrogens is 206 g/mol. The van der Waals surface area contributed by atoms with E-state index < -0.39 is 0 Å². The maximum Gasteiger partial charge on any atom is 0.231 e. The predicted octanol–water partition coefficient (Wildman–Crippen LogP) is 1.54. The zero-order valence-corrected chi connectivity index (χ0v) is 9.49. The van der Waals surface area contributed by atoms with Crippen molar-refractivity contribution in [3.63, 3.8) is 0 Å². The maximum atomic E-state index is 5.31.